The van der Waals surface area contributed by atoms with Crippen LogP contribution in [0.4, 0.5) is 0 Å². The first kappa shape index (κ1) is 19.1. The van der Waals surface area contributed by atoms with Crippen LogP contribution in [0.5, 0.6) is 0 Å². The number of carbonyl (C=O) groups excluding carboxylic acids is 2. The van der Waals surface area contributed by atoms with Crippen molar-refractivity contribution >= 4 is 22.8 Å². The van der Waals surface area contributed by atoms with Crippen LogP contribution in [0.25, 0.3) is 11.0 Å². The average Bonchev–Trinajstić information content (AvgIpc) is 3.04. The van der Waals surface area contributed by atoms with Crippen LogP contribution in [-0.4, -0.2) is 34.5 Å². The number of nitrogens with zero attached hydrogens (tertiary/aromatic N) is 2. The molecule has 6 nitrogen and oxygen atoms in total. The summed E-state index contributed by atoms with van der Waals surface area (Å²) in [7, 11) is 0. The smallest absolute Gasteiger partial charge is 0.240 e. The maximum atomic E-state index is 12.3. The molecule has 0 spiro atoms. The molecule has 1 aliphatic rings. The first-order valence-corrected chi connectivity index (χ1v) is 9.78. The number of hydrogen-bond donors (Lipinski definition) is 2. The fourth-order valence-corrected chi connectivity index (χ4v) is 3.68. The average molecular weight is 368 g/mol. The Kier molecular flexibility index (Phi) is 6.63. The number of carbonyl (C=O) groups is 2. The summed E-state index contributed by atoms with van der Waals surface area (Å²) in [5.74, 6) is 1.04. The van der Waals surface area contributed by atoms with Crippen molar-refractivity contribution in [1.29, 1.82) is 0 Å². The summed E-state index contributed by atoms with van der Waals surface area (Å²) in [6.07, 6.45) is 7.78. The van der Waals surface area contributed by atoms with E-state index in [-0.39, 0.29) is 24.3 Å². The molecule has 0 aliphatic heterocycles. The zero-order chi connectivity index (χ0) is 19.1. The molecule has 2 amide bonds. The molecule has 1 heterocycles. The first-order valence-electron chi connectivity index (χ1n) is 9.78. The second-order valence-corrected chi connectivity index (χ2v) is 7.07. The zero-order valence-corrected chi connectivity index (χ0v) is 15.7. The molecule has 2 N–H and O–H groups in total. The number of aromatic nitrogens is 2. The molecule has 2 aromatic rings. The Hall–Kier alpha value is -2.63. The molecule has 0 bridgehead atoms. The van der Waals surface area contributed by atoms with Gasteiger partial charge in [0.2, 0.25) is 11.8 Å². The van der Waals surface area contributed by atoms with E-state index in [9.17, 15) is 9.59 Å². The van der Waals surface area contributed by atoms with Crippen LogP contribution in [-0.2, 0) is 22.6 Å². The highest BCUT2D eigenvalue weighted by Crippen LogP contribution is 2.23. The van der Waals surface area contributed by atoms with E-state index in [1.54, 1.807) is 6.08 Å². The third-order valence-electron chi connectivity index (χ3n) is 5.10. The van der Waals surface area contributed by atoms with Gasteiger partial charge in [-0.15, -0.1) is 6.58 Å². The summed E-state index contributed by atoms with van der Waals surface area (Å²) < 4.78 is 1.93. The Morgan fingerprint density at radius 1 is 1.19 bits per heavy atom. The van der Waals surface area contributed by atoms with Crippen molar-refractivity contribution in [3.8, 4) is 0 Å². The van der Waals surface area contributed by atoms with E-state index in [4.69, 9.17) is 0 Å². The number of para-hydroxylation sites is 2. The van der Waals surface area contributed by atoms with Gasteiger partial charge < -0.3 is 15.2 Å². The second kappa shape index (κ2) is 9.35. The molecular weight excluding hydrogens is 340 g/mol. The van der Waals surface area contributed by atoms with Gasteiger partial charge in [-0.25, -0.2) is 4.98 Å². The molecule has 1 aromatic heterocycles. The minimum Gasteiger partial charge on any atom is -0.355 e. The van der Waals surface area contributed by atoms with Crippen LogP contribution in [0.15, 0.2) is 36.9 Å². The van der Waals surface area contributed by atoms with Crippen molar-refractivity contribution in [2.45, 2.75) is 45.1 Å². The Balaban J connectivity index is 1.65. The van der Waals surface area contributed by atoms with Crippen molar-refractivity contribution < 1.29 is 9.59 Å². The normalized spacial score (nSPS) is 14.8. The van der Waals surface area contributed by atoms with Gasteiger partial charge in [-0.3, -0.25) is 9.59 Å². The van der Waals surface area contributed by atoms with Crippen molar-refractivity contribution in [2.75, 3.05) is 13.1 Å². The lowest BCUT2D eigenvalue weighted by Crippen LogP contribution is -2.34. The predicted molar refractivity (Wildman–Crippen MR) is 106 cm³/mol. The molecule has 0 radical (unpaired) electrons. The van der Waals surface area contributed by atoms with Gasteiger partial charge in [-0.05, 0) is 25.0 Å². The number of fused-ring (bicyclic) bond motifs is 1. The fraction of sp³-hybridized carbons (Fsp3) is 0.476. The standard InChI is InChI=1S/C21H28N4O2/c1-2-13-22-20(26)15-25-18-11-7-6-10-17(18)24-19(25)12-14-23-21(27)16-8-4-3-5-9-16/h2,6-7,10-11,16H,1,3-5,8-9,12-15H2,(H,22,26)(H,23,27). The van der Waals surface area contributed by atoms with Crippen molar-refractivity contribution in [1.82, 2.24) is 20.2 Å². The topological polar surface area (TPSA) is 76.0 Å². The van der Waals surface area contributed by atoms with Gasteiger partial charge in [-0.2, -0.15) is 0 Å². The first-order chi connectivity index (χ1) is 13.2. The number of amides is 2. The summed E-state index contributed by atoms with van der Waals surface area (Å²) in [6, 6.07) is 7.79. The van der Waals surface area contributed by atoms with Crippen molar-refractivity contribution in [3.05, 3.63) is 42.7 Å². The van der Waals surface area contributed by atoms with E-state index in [0.29, 0.717) is 19.5 Å². The molecule has 0 unspecified atom stereocenters. The number of nitrogens with one attached hydrogen (secondary N) is 2. The van der Waals surface area contributed by atoms with Gasteiger partial charge in [-0.1, -0.05) is 37.5 Å². The second-order valence-electron chi connectivity index (χ2n) is 7.07. The van der Waals surface area contributed by atoms with Crippen LogP contribution >= 0.6 is 0 Å². The lowest BCUT2D eigenvalue weighted by molar-refractivity contribution is -0.126. The summed E-state index contributed by atoms with van der Waals surface area (Å²) in [5, 5.41) is 5.86. The van der Waals surface area contributed by atoms with Crippen LogP contribution in [0.1, 0.15) is 37.9 Å². The molecule has 0 atom stereocenters. The molecule has 27 heavy (non-hydrogen) atoms. The minimum atomic E-state index is -0.0782. The molecule has 1 aliphatic carbocycles. The highest BCUT2D eigenvalue weighted by molar-refractivity contribution is 5.81. The maximum absolute atomic E-state index is 12.3. The highest BCUT2D eigenvalue weighted by Gasteiger charge is 2.21. The van der Waals surface area contributed by atoms with Gasteiger partial charge in [0.05, 0.1) is 11.0 Å². The lowest BCUT2D eigenvalue weighted by atomic mass is 9.89. The number of imidazole rings is 1. The molecule has 3 rings (SSSR count). The van der Waals surface area contributed by atoms with Crippen LogP contribution in [0.3, 0.4) is 0 Å². The minimum absolute atomic E-state index is 0.0782. The van der Waals surface area contributed by atoms with E-state index in [0.717, 1.165) is 42.5 Å². The Morgan fingerprint density at radius 3 is 2.74 bits per heavy atom. The molecule has 1 saturated carbocycles. The van der Waals surface area contributed by atoms with E-state index in [1.165, 1.54) is 6.42 Å². The summed E-state index contributed by atoms with van der Waals surface area (Å²) in [6.45, 7) is 4.80. The largest absolute Gasteiger partial charge is 0.355 e. The highest BCUT2D eigenvalue weighted by atomic mass is 16.2. The summed E-state index contributed by atoms with van der Waals surface area (Å²) in [4.78, 5) is 29.2. The monoisotopic (exact) mass is 368 g/mol. The molecule has 144 valence electrons. The Labute approximate surface area is 160 Å². The quantitative estimate of drug-likeness (QED) is 0.703. The predicted octanol–water partition coefficient (Wildman–Crippen LogP) is 2.58. The zero-order valence-electron chi connectivity index (χ0n) is 15.7. The molecule has 0 saturated heterocycles. The summed E-state index contributed by atoms with van der Waals surface area (Å²) in [5.41, 5.74) is 1.79. The third-order valence-corrected chi connectivity index (χ3v) is 5.10. The Bertz CT molecular complexity index is 806. The van der Waals surface area contributed by atoms with E-state index < -0.39 is 0 Å². The molecule has 1 aromatic carbocycles. The molecule has 1 fully saturated rings. The third kappa shape index (κ3) is 4.96. The van der Waals surface area contributed by atoms with E-state index >= 15 is 0 Å². The van der Waals surface area contributed by atoms with Crippen LogP contribution in [0.2, 0.25) is 0 Å². The number of rotatable bonds is 8. The van der Waals surface area contributed by atoms with Gasteiger partial charge in [0.1, 0.15) is 12.4 Å². The van der Waals surface area contributed by atoms with Crippen molar-refractivity contribution in [3.63, 3.8) is 0 Å². The fourth-order valence-electron chi connectivity index (χ4n) is 3.68. The maximum Gasteiger partial charge on any atom is 0.240 e. The molecular formula is C21H28N4O2. The van der Waals surface area contributed by atoms with Gasteiger partial charge in [0.15, 0.2) is 0 Å². The van der Waals surface area contributed by atoms with Gasteiger partial charge >= 0.3 is 0 Å². The van der Waals surface area contributed by atoms with Gasteiger partial charge in [0, 0.05) is 25.4 Å². The van der Waals surface area contributed by atoms with Crippen molar-refractivity contribution in [2.24, 2.45) is 5.92 Å². The van der Waals surface area contributed by atoms with Crippen LogP contribution in [0, 0.1) is 5.92 Å². The molecule has 6 heteroatoms. The lowest BCUT2D eigenvalue weighted by Gasteiger charge is -2.20. The van der Waals surface area contributed by atoms with Gasteiger partial charge in [0.25, 0.3) is 0 Å². The van der Waals surface area contributed by atoms with Crippen LogP contribution < -0.4 is 10.6 Å². The number of benzene rings is 1. The Morgan fingerprint density at radius 2 is 1.96 bits per heavy atom. The van der Waals surface area contributed by atoms with E-state index in [2.05, 4.69) is 22.2 Å². The summed E-state index contributed by atoms with van der Waals surface area (Å²) >= 11 is 0. The number of hydrogen-bond acceptors (Lipinski definition) is 3. The van der Waals surface area contributed by atoms with E-state index in [1.807, 2.05) is 28.8 Å². The SMILES string of the molecule is C=CCNC(=O)Cn1c(CCNC(=O)C2CCCCC2)nc2ccccc21.